The summed E-state index contributed by atoms with van der Waals surface area (Å²) in [6.45, 7) is 5.84. The number of carbonyl (C=O) groups is 1. The number of amides is 1. The van der Waals surface area contributed by atoms with Gasteiger partial charge in [0.1, 0.15) is 18.0 Å². The highest BCUT2D eigenvalue weighted by molar-refractivity contribution is 5.94. The monoisotopic (exact) mass is 350 g/mol. The lowest BCUT2D eigenvalue weighted by molar-refractivity contribution is 0.0937. The first-order valence-corrected chi connectivity index (χ1v) is 8.57. The lowest BCUT2D eigenvalue weighted by Crippen LogP contribution is -2.28. The minimum Gasteiger partial charge on any atom is -0.342 e. The second-order valence-electron chi connectivity index (χ2n) is 6.16. The quantitative estimate of drug-likeness (QED) is 0.764. The van der Waals surface area contributed by atoms with Crippen molar-refractivity contribution in [1.82, 2.24) is 30.0 Å². The Balaban J connectivity index is 1.76. The molecule has 2 heterocycles. The van der Waals surface area contributed by atoms with Crippen LogP contribution in [0.2, 0.25) is 0 Å². The summed E-state index contributed by atoms with van der Waals surface area (Å²) in [5, 5.41) is 6.96. The van der Waals surface area contributed by atoms with E-state index in [9.17, 15) is 4.79 Å². The van der Waals surface area contributed by atoms with Gasteiger partial charge in [-0.25, -0.2) is 15.0 Å². The largest absolute Gasteiger partial charge is 0.342 e. The molecule has 0 unspecified atom stereocenters. The molecule has 0 bridgehead atoms. The Hall–Kier alpha value is -3.09. The fourth-order valence-electron chi connectivity index (χ4n) is 2.79. The van der Waals surface area contributed by atoms with E-state index >= 15 is 0 Å². The smallest absolute Gasteiger partial charge is 0.251 e. The first-order chi connectivity index (χ1) is 12.5. The molecule has 0 fully saturated rings. The minimum atomic E-state index is -0.230. The molecule has 1 N–H and O–H groups in total. The van der Waals surface area contributed by atoms with Crippen LogP contribution in [0.3, 0.4) is 0 Å². The van der Waals surface area contributed by atoms with Crippen LogP contribution in [0.1, 0.15) is 47.6 Å². The van der Waals surface area contributed by atoms with Gasteiger partial charge in [0.25, 0.3) is 5.91 Å². The lowest BCUT2D eigenvalue weighted by Gasteiger charge is -2.13. The zero-order valence-corrected chi connectivity index (χ0v) is 15.4. The van der Waals surface area contributed by atoms with E-state index in [1.165, 1.54) is 6.33 Å². The second kappa shape index (κ2) is 7.43. The summed E-state index contributed by atoms with van der Waals surface area (Å²) in [4.78, 5) is 25.5. The van der Waals surface area contributed by atoms with Crippen molar-refractivity contribution in [3.8, 4) is 11.3 Å². The molecule has 0 radical (unpaired) electrons. The molecule has 0 saturated carbocycles. The average molecular weight is 350 g/mol. The average Bonchev–Trinajstić information content (AvgIpc) is 3.07. The molecular weight excluding hydrogens is 328 g/mol. The molecule has 2 aromatic heterocycles. The maximum absolute atomic E-state index is 12.5. The summed E-state index contributed by atoms with van der Waals surface area (Å²) in [7, 11) is 1.80. The van der Waals surface area contributed by atoms with Crippen molar-refractivity contribution in [2.45, 2.75) is 33.2 Å². The molecule has 26 heavy (non-hydrogen) atoms. The van der Waals surface area contributed by atoms with E-state index in [0.29, 0.717) is 11.4 Å². The number of carbonyl (C=O) groups excluding carboxylic acids is 1. The second-order valence-corrected chi connectivity index (χ2v) is 6.16. The van der Waals surface area contributed by atoms with Crippen molar-refractivity contribution in [1.29, 1.82) is 0 Å². The molecule has 7 heteroatoms. The SMILES string of the molecule is CCc1cc(-c2ccc(C(=O)N[C@@H](C)c3ncnn3C)cc2)nc(C)n1. The standard InChI is InChI=1S/C19H22N6O/c1-5-16-10-17(24-13(3)23-16)14-6-8-15(9-7-14)19(26)22-12(2)18-20-11-21-25(18)4/h6-12H,5H2,1-4H3,(H,22,26)/t12-/m0/s1. The van der Waals surface area contributed by atoms with Crippen LogP contribution in [0.25, 0.3) is 11.3 Å². The van der Waals surface area contributed by atoms with Gasteiger partial charge in [0, 0.05) is 23.9 Å². The van der Waals surface area contributed by atoms with Gasteiger partial charge in [0.2, 0.25) is 0 Å². The van der Waals surface area contributed by atoms with Crippen molar-refractivity contribution < 1.29 is 4.79 Å². The van der Waals surface area contributed by atoms with E-state index in [-0.39, 0.29) is 11.9 Å². The van der Waals surface area contributed by atoms with Crippen LogP contribution in [0, 0.1) is 6.92 Å². The van der Waals surface area contributed by atoms with E-state index in [1.807, 2.05) is 32.0 Å². The molecule has 0 aliphatic rings. The molecule has 7 nitrogen and oxygen atoms in total. The summed E-state index contributed by atoms with van der Waals surface area (Å²) >= 11 is 0. The molecule has 1 aromatic carbocycles. The van der Waals surface area contributed by atoms with Crippen molar-refractivity contribution in [2.75, 3.05) is 0 Å². The molecule has 0 aliphatic carbocycles. The van der Waals surface area contributed by atoms with Crippen LogP contribution >= 0.6 is 0 Å². The molecule has 134 valence electrons. The highest BCUT2D eigenvalue weighted by atomic mass is 16.1. The van der Waals surface area contributed by atoms with Crippen LogP contribution < -0.4 is 5.32 Å². The molecule has 0 spiro atoms. The number of aromatic nitrogens is 5. The van der Waals surface area contributed by atoms with E-state index in [1.54, 1.807) is 23.9 Å². The lowest BCUT2D eigenvalue weighted by atomic mass is 10.1. The van der Waals surface area contributed by atoms with Gasteiger partial charge in [-0.05, 0) is 38.5 Å². The van der Waals surface area contributed by atoms with Crippen molar-refractivity contribution in [3.63, 3.8) is 0 Å². The van der Waals surface area contributed by atoms with Gasteiger partial charge in [-0.2, -0.15) is 5.10 Å². The number of nitrogens with one attached hydrogen (secondary N) is 1. The van der Waals surface area contributed by atoms with Gasteiger partial charge >= 0.3 is 0 Å². The summed E-state index contributed by atoms with van der Waals surface area (Å²) in [6.07, 6.45) is 2.33. The van der Waals surface area contributed by atoms with Crippen molar-refractivity contribution in [3.05, 3.63) is 59.6 Å². The Bertz CT molecular complexity index is 916. The molecule has 1 amide bonds. The van der Waals surface area contributed by atoms with Crippen molar-refractivity contribution in [2.24, 2.45) is 7.05 Å². The topological polar surface area (TPSA) is 85.6 Å². The van der Waals surface area contributed by atoms with Crippen LogP contribution in [-0.2, 0) is 13.5 Å². The maximum atomic E-state index is 12.5. The fourth-order valence-corrected chi connectivity index (χ4v) is 2.79. The molecule has 1 atom stereocenters. The van der Waals surface area contributed by atoms with E-state index in [2.05, 4.69) is 32.3 Å². The summed E-state index contributed by atoms with van der Waals surface area (Å²) in [5.41, 5.74) is 3.42. The Kier molecular flexibility index (Phi) is 5.06. The Morgan fingerprint density at radius 2 is 1.96 bits per heavy atom. The van der Waals surface area contributed by atoms with Gasteiger partial charge in [-0.15, -0.1) is 0 Å². The number of aryl methyl sites for hydroxylation is 3. The molecular formula is C19H22N6O. The Labute approximate surface area is 152 Å². The number of hydrogen-bond acceptors (Lipinski definition) is 5. The molecule has 0 aliphatic heterocycles. The van der Waals surface area contributed by atoms with Crippen LogP contribution in [0.4, 0.5) is 0 Å². The van der Waals surface area contributed by atoms with Gasteiger partial charge in [-0.1, -0.05) is 19.1 Å². The van der Waals surface area contributed by atoms with Gasteiger partial charge in [0.15, 0.2) is 0 Å². The van der Waals surface area contributed by atoms with E-state index in [4.69, 9.17) is 0 Å². The number of benzene rings is 1. The predicted molar refractivity (Wildman–Crippen MR) is 98.5 cm³/mol. The fraction of sp³-hybridized carbons (Fsp3) is 0.316. The summed E-state index contributed by atoms with van der Waals surface area (Å²) < 4.78 is 1.65. The minimum absolute atomic E-state index is 0.153. The van der Waals surface area contributed by atoms with Crippen LogP contribution in [-0.4, -0.2) is 30.6 Å². The van der Waals surface area contributed by atoms with Crippen LogP contribution in [0.5, 0.6) is 0 Å². The Morgan fingerprint density at radius 3 is 2.58 bits per heavy atom. The molecule has 3 rings (SSSR count). The zero-order chi connectivity index (χ0) is 18.7. The third kappa shape index (κ3) is 3.77. The summed E-state index contributed by atoms with van der Waals surface area (Å²) in [5.74, 6) is 1.30. The number of rotatable bonds is 5. The van der Waals surface area contributed by atoms with E-state index < -0.39 is 0 Å². The number of nitrogens with zero attached hydrogens (tertiary/aromatic N) is 5. The molecule has 0 saturated heterocycles. The number of hydrogen-bond donors (Lipinski definition) is 1. The maximum Gasteiger partial charge on any atom is 0.251 e. The highest BCUT2D eigenvalue weighted by Crippen LogP contribution is 2.19. The third-order valence-corrected chi connectivity index (χ3v) is 4.18. The zero-order valence-electron chi connectivity index (χ0n) is 15.4. The highest BCUT2D eigenvalue weighted by Gasteiger charge is 2.15. The summed E-state index contributed by atoms with van der Waals surface area (Å²) in [6, 6.07) is 9.17. The third-order valence-electron chi connectivity index (χ3n) is 4.18. The van der Waals surface area contributed by atoms with Gasteiger partial charge < -0.3 is 5.32 Å². The first-order valence-electron chi connectivity index (χ1n) is 8.57. The first kappa shape index (κ1) is 17.7. The van der Waals surface area contributed by atoms with Crippen molar-refractivity contribution >= 4 is 5.91 Å². The van der Waals surface area contributed by atoms with Gasteiger partial charge in [-0.3, -0.25) is 9.48 Å². The van der Waals surface area contributed by atoms with E-state index in [0.717, 1.165) is 29.2 Å². The Morgan fingerprint density at radius 1 is 1.23 bits per heavy atom. The van der Waals surface area contributed by atoms with Gasteiger partial charge in [0.05, 0.1) is 11.7 Å². The van der Waals surface area contributed by atoms with Crippen LogP contribution in [0.15, 0.2) is 36.7 Å². The normalized spacial score (nSPS) is 12.0. The predicted octanol–water partition coefficient (Wildman–Crippen LogP) is 2.63. The molecule has 3 aromatic rings.